The molecule has 14 heavy (non-hydrogen) atoms. The number of hydrogen-bond donors (Lipinski definition) is 3. The van der Waals surface area contributed by atoms with E-state index in [1.54, 1.807) is 0 Å². The summed E-state index contributed by atoms with van der Waals surface area (Å²) in [6.07, 6.45) is -4.57. The average molecular weight is 208 g/mol. The molecule has 84 valence electrons. The molecule has 0 aromatic carbocycles. The molecule has 0 aromatic heterocycles. The van der Waals surface area contributed by atoms with Crippen LogP contribution in [0.25, 0.3) is 0 Å². The zero-order chi connectivity index (χ0) is 10.7. The van der Waals surface area contributed by atoms with Crippen LogP contribution in [0, 0.1) is 0 Å². The molecule has 1 heterocycles. The van der Waals surface area contributed by atoms with Gasteiger partial charge in [0.05, 0.1) is 6.61 Å². The van der Waals surface area contributed by atoms with Crippen LogP contribution in [0.15, 0.2) is 0 Å². The summed E-state index contributed by atoms with van der Waals surface area (Å²) in [5, 5.41) is 28.0. The molecule has 5 atom stereocenters. The second-order valence-electron chi connectivity index (χ2n) is 3.14. The fraction of sp³-hybridized carbons (Fsp3) is 1.00. The van der Waals surface area contributed by atoms with Crippen LogP contribution in [-0.2, 0) is 14.2 Å². The molecule has 0 aliphatic carbocycles. The second-order valence-corrected chi connectivity index (χ2v) is 3.14. The predicted octanol–water partition coefficient (Wildman–Crippen LogP) is -1.91. The largest absolute Gasteiger partial charge is 0.394 e. The number of rotatable bonds is 3. The van der Waals surface area contributed by atoms with Gasteiger partial charge in [-0.1, -0.05) is 0 Å². The van der Waals surface area contributed by atoms with E-state index in [0.717, 1.165) is 0 Å². The van der Waals surface area contributed by atoms with E-state index in [2.05, 4.69) is 0 Å². The van der Waals surface area contributed by atoms with Crippen molar-refractivity contribution in [3.05, 3.63) is 0 Å². The Hall–Kier alpha value is -0.240. The highest BCUT2D eigenvalue weighted by molar-refractivity contribution is 4.90. The topological polar surface area (TPSA) is 88.4 Å². The summed E-state index contributed by atoms with van der Waals surface area (Å²) >= 11 is 0. The van der Waals surface area contributed by atoms with Gasteiger partial charge < -0.3 is 29.5 Å². The Morgan fingerprint density at radius 2 is 1.71 bits per heavy atom. The summed E-state index contributed by atoms with van der Waals surface area (Å²) in [5.41, 5.74) is 0. The quantitative estimate of drug-likeness (QED) is 0.501. The first-order valence-corrected chi connectivity index (χ1v) is 4.33. The van der Waals surface area contributed by atoms with Gasteiger partial charge in [0.1, 0.15) is 24.4 Å². The smallest absolute Gasteiger partial charge is 0.184 e. The van der Waals surface area contributed by atoms with Crippen LogP contribution in [0.4, 0.5) is 0 Å². The molecule has 3 N–H and O–H groups in total. The van der Waals surface area contributed by atoms with Crippen LogP contribution in [0.5, 0.6) is 0 Å². The lowest BCUT2D eigenvalue weighted by Crippen LogP contribution is -2.59. The van der Waals surface area contributed by atoms with Gasteiger partial charge in [0.25, 0.3) is 0 Å². The Kier molecular flexibility index (Phi) is 4.24. The molecule has 0 bridgehead atoms. The minimum Gasteiger partial charge on any atom is -0.394 e. The van der Waals surface area contributed by atoms with Crippen molar-refractivity contribution in [3.8, 4) is 0 Å². The fourth-order valence-corrected chi connectivity index (χ4v) is 1.60. The molecule has 0 aromatic rings. The normalized spacial score (nSPS) is 43.9. The lowest BCUT2D eigenvalue weighted by Gasteiger charge is -2.40. The maximum atomic E-state index is 9.70. The molecule has 0 spiro atoms. The van der Waals surface area contributed by atoms with Gasteiger partial charge in [0.15, 0.2) is 6.29 Å². The van der Waals surface area contributed by atoms with Crippen LogP contribution >= 0.6 is 0 Å². The van der Waals surface area contributed by atoms with Gasteiger partial charge in [0, 0.05) is 14.2 Å². The van der Waals surface area contributed by atoms with Gasteiger partial charge in [-0.15, -0.1) is 0 Å². The van der Waals surface area contributed by atoms with Crippen molar-refractivity contribution in [1.29, 1.82) is 0 Å². The third kappa shape index (κ3) is 2.05. The third-order valence-electron chi connectivity index (χ3n) is 2.36. The molecule has 6 heteroatoms. The first-order valence-electron chi connectivity index (χ1n) is 4.33. The highest BCUT2D eigenvalue weighted by Crippen LogP contribution is 2.23. The van der Waals surface area contributed by atoms with E-state index in [-0.39, 0.29) is 6.61 Å². The second kappa shape index (κ2) is 5.01. The van der Waals surface area contributed by atoms with Crippen molar-refractivity contribution in [2.45, 2.75) is 30.7 Å². The van der Waals surface area contributed by atoms with E-state index in [1.165, 1.54) is 14.2 Å². The minimum absolute atomic E-state index is 0.330. The van der Waals surface area contributed by atoms with Gasteiger partial charge in [-0.3, -0.25) is 0 Å². The fourth-order valence-electron chi connectivity index (χ4n) is 1.60. The lowest BCUT2D eigenvalue weighted by molar-refractivity contribution is -0.295. The van der Waals surface area contributed by atoms with Crippen LogP contribution < -0.4 is 0 Å². The van der Waals surface area contributed by atoms with E-state index in [0.29, 0.717) is 0 Å². The lowest BCUT2D eigenvalue weighted by atomic mass is 9.99. The Morgan fingerprint density at radius 3 is 2.14 bits per heavy atom. The number of aliphatic hydroxyl groups is 3. The standard InChI is InChI=1S/C8H16O6/c1-12-6-4(3-9)14-8(11)7(13-2)5(6)10/h4-11H,3H2,1-2H3/t4-,5+,6-,7+,8+/m1/s1. The zero-order valence-corrected chi connectivity index (χ0v) is 8.16. The van der Waals surface area contributed by atoms with Gasteiger partial charge in [0.2, 0.25) is 0 Å². The SMILES string of the molecule is CO[C@H]1[C@@H](O)[C@H](OC)[C@@H](CO)O[C@@H]1O. The van der Waals surface area contributed by atoms with E-state index >= 15 is 0 Å². The van der Waals surface area contributed by atoms with Crippen LogP contribution in [-0.4, -0.2) is 66.9 Å². The molecular formula is C8H16O6. The van der Waals surface area contributed by atoms with Crippen molar-refractivity contribution in [2.24, 2.45) is 0 Å². The molecule has 0 saturated carbocycles. The van der Waals surface area contributed by atoms with Crippen molar-refractivity contribution in [2.75, 3.05) is 20.8 Å². The monoisotopic (exact) mass is 208 g/mol. The van der Waals surface area contributed by atoms with Gasteiger partial charge >= 0.3 is 0 Å². The van der Waals surface area contributed by atoms with Gasteiger partial charge in [-0.2, -0.15) is 0 Å². The molecule has 6 nitrogen and oxygen atoms in total. The van der Waals surface area contributed by atoms with Gasteiger partial charge in [-0.05, 0) is 0 Å². The first kappa shape index (κ1) is 11.8. The third-order valence-corrected chi connectivity index (χ3v) is 2.36. The van der Waals surface area contributed by atoms with Crippen molar-refractivity contribution < 1.29 is 29.5 Å². The number of ether oxygens (including phenoxy) is 3. The van der Waals surface area contributed by atoms with Crippen LogP contribution in [0.2, 0.25) is 0 Å². The Morgan fingerprint density at radius 1 is 1.14 bits per heavy atom. The van der Waals surface area contributed by atoms with E-state index < -0.39 is 30.7 Å². The van der Waals surface area contributed by atoms with Crippen LogP contribution in [0.3, 0.4) is 0 Å². The molecule has 1 fully saturated rings. The number of aliphatic hydroxyl groups excluding tert-OH is 3. The molecule has 0 amide bonds. The average Bonchev–Trinajstić information content (AvgIpc) is 2.17. The molecule has 1 aliphatic rings. The van der Waals surface area contributed by atoms with E-state index in [1.807, 2.05) is 0 Å². The highest BCUT2D eigenvalue weighted by Gasteiger charge is 2.44. The van der Waals surface area contributed by atoms with Crippen molar-refractivity contribution in [1.82, 2.24) is 0 Å². The first-order chi connectivity index (χ1) is 6.65. The minimum atomic E-state index is -1.25. The summed E-state index contributed by atoms with van der Waals surface area (Å²) < 4.78 is 14.8. The molecule has 1 saturated heterocycles. The number of methoxy groups -OCH3 is 2. The highest BCUT2D eigenvalue weighted by atomic mass is 16.7. The zero-order valence-electron chi connectivity index (χ0n) is 8.16. The summed E-state index contributed by atoms with van der Waals surface area (Å²) in [6, 6.07) is 0. The number of hydrogen-bond acceptors (Lipinski definition) is 6. The molecule has 0 radical (unpaired) electrons. The predicted molar refractivity (Wildman–Crippen MR) is 45.6 cm³/mol. The molecule has 1 aliphatic heterocycles. The van der Waals surface area contributed by atoms with Gasteiger partial charge in [-0.25, -0.2) is 0 Å². The molecule has 0 unspecified atom stereocenters. The maximum absolute atomic E-state index is 9.70. The van der Waals surface area contributed by atoms with Crippen molar-refractivity contribution >= 4 is 0 Å². The summed E-state index contributed by atoms with van der Waals surface area (Å²) in [7, 11) is 2.75. The maximum Gasteiger partial charge on any atom is 0.184 e. The summed E-state index contributed by atoms with van der Waals surface area (Å²) in [6.45, 7) is -0.330. The van der Waals surface area contributed by atoms with E-state index in [4.69, 9.17) is 19.3 Å². The Labute approximate surface area is 82.0 Å². The van der Waals surface area contributed by atoms with Crippen LogP contribution in [0.1, 0.15) is 0 Å². The Bertz CT molecular complexity index is 175. The van der Waals surface area contributed by atoms with Crippen molar-refractivity contribution in [3.63, 3.8) is 0 Å². The summed E-state index contributed by atoms with van der Waals surface area (Å²) in [5.74, 6) is 0. The Balaban J connectivity index is 2.72. The molecule has 1 rings (SSSR count). The van der Waals surface area contributed by atoms with E-state index in [9.17, 15) is 10.2 Å². The summed E-state index contributed by atoms with van der Waals surface area (Å²) in [4.78, 5) is 0. The molecular weight excluding hydrogens is 192 g/mol.